The molecule has 4 rings (SSSR count). The molecule has 0 radical (unpaired) electrons. The van der Waals surface area contributed by atoms with Gasteiger partial charge < -0.3 is 9.72 Å². The van der Waals surface area contributed by atoms with Gasteiger partial charge in [0.2, 0.25) is 5.91 Å². The van der Waals surface area contributed by atoms with Gasteiger partial charge in [0.15, 0.2) is 0 Å². The summed E-state index contributed by atoms with van der Waals surface area (Å²) in [7, 11) is 0. The Morgan fingerprint density at radius 3 is 2.64 bits per heavy atom. The Morgan fingerprint density at radius 1 is 1.07 bits per heavy atom. The molecule has 140 valence electrons. The van der Waals surface area contributed by atoms with E-state index in [4.69, 9.17) is 0 Å². The summed E-state index contributed by atoms with van der Waals surface area (Å²) >= 11 is 0. The predicted octanol–water partition coefficient (Wildman–Crippen LogP) is 3.88. The number of hydrogen-bond acceptors (Lipinski definition) is 3. The fourth-order valence-electron chi connectivity index (χ4n) is 3.47. The molecule has 28 heavy (non-hydrogen) atoms. The zero-order valence-electron chi connectivity index (χ0n) is 15.7. The molecular weight excluding hydrogens is 348 g/mol. The summed E-state index contributed by atoms with van der Waals surface area (Å²) < 4.78 is 2.09. The third-order valence-corrected chi connectivity index (χ3v) is 4.95. The monoisotopic (exact) mass is 370 g/mol. The van der Waals surface area contributed by atoms with Crippen molar-refractivity contribution in [1.29, 1.82) is 0 Å². The van der Waals surface area contributed by atoms with Crippen LogP contribution in [0.1, 0.15) is 34.7 Å². The average molecular weight is 370 g/mol. The van der Waals surface area contributed by atoms with Crippen LogP contribution < -0.4 is 5.32 Å². The van der Waals surface area contributed by atoms with Crippen LogP contribution in [0.5, 0.6) is 0 Å². The lowest BCUT2D eigenvalue weighted by molar-refractivity contribution is -0.121. The Bertz CT molecular complexity index is 1070. The van der Waals surface area contributed by atoms with E-state index >= 15 is 0 Å². The van der Waals surface area contributed by atoms with Crippen LogP contribution >= 0.6 is 0 Å². The third-order valence-electron chi connectivity index (χ3n) is 4.95. The highest BCUT2D eigenvalue weighted by Crippen LogP contribution is 2.29. The second-order valence-electron chi connectivity index (χ2n) is 6.87. The van der Waals surface area contributed by atoms with Gasteiger partial charge in [-0.15, -0.1) is 0 Å². The number of fused-ring (bicyclic) bond motifs is 1. The third kappa shape index (κ3) is 3.78. The SMILES string of the molecule is Cc1cccn2c([C@H](CC(=O)NCc3ccncc3)c3ccccc3)cnc12. The van der Waals surface area contributed by atoms with Crippen LogP contribution in [0, 0.1) is 6.92 Å². The highest BCUT2D eigenvalue weighted by atomic mass is 16.1. The molecule has 1 amide bonds. The Hall–Kier alpha value is -3.47. The molecule has 0 unspecified atom stereocenters. The summed E-state index contributed by atoms with van der Waals surface area (Å²) in [6, 6.07) is 18.0. The minimum Gasteiger partial charge on any atom is -0.352 e. The molecule has 0 fully saturated rings. The summed E-state index contributed by atoms with van der Waals surface area (Å²) in [5.74, 6) is -0.0660. The van der Waals surface area contributed by atoms with Crippen LogP contribution in [0.4, 0.5) is 0 Å². The first-order valence-electron chi connectivity index (χ1n) is 9.35. The quantitative estimate of drug-likeness (QED) is 0.560. The molecule has 5 nitrogen and oxygen atoms in total. The van der Waals surface area contributed by atoms with Crippen molar-refractivity contribution in [2.45, 2.75) is 25.8 Å². The number of carbonyl (C=O) groups excluding carboxylic acids is 1. The molecule has 0 aliphatic heterocycles. The number of rotatable bonds is 6. The second kappa shape index (κ2) is 8.05. The molecule has 0 saturated heterocycles. The fourth-order valence-corrected chi connectivity index (χ4v) is 3.47. The van der Waals surface area contributed by atoms with Gasteiger partial charge in [-0.3, -0.25) is 9.78 Å². The number of aryl methyl sites for hydroxylation is 1. The maximum Gasteiger partial charge on any atom is 0.221 e. The van der Waals surface area contributed by atoms with Gasteiger partial charge in [0.1, 0.15) is 5.65 Å². The number of pyridine rings is 2. The standard InChI is InChI=1S/C23H22N4O/c1-17-6-5-13-27-21(16-26-23(17)27)20(19-7-3-2-4-8-19)14-22(28)25-15-18-9-11-24-12-10-18/h2-13,16,20H,14-15H2,1H3,(H,25,28)/t20-/m1/s1. The van der Waals surface area contributed by atoms with Gasteiger partial charge in [0, 0.05) is 43.7 Å². The van der Waals surface area contributed by atoms with E-state index in [1.54, 1.807) is 12.4 Å². The van der Waals surface area contributed by atoms with Crippen molar-refractivity contribution in [3.8, 4) is 0 Å². The molecule has 3 heterocycles. The zero-order chi connectivity index (χ0) is 19.3. The van der Waals surface area contributed by atoms with Crippen molar-refractivity contribution in [3.63, 3.8) is 0 Å². The summed E-state index contributed by atoms with van der Waals surface area (Å²) in [4.78, 5) is 21.3. The van der Waals surface area contributed by atoms with E-state index in [0.717, 1.165) is 28.0 Å². The summed E-state index contributed by atoms with van der Waals surface area (Å²) in [6.45, 7) is 2.54. The summed E-state index contributed by atoms with van der Waals surface area (Å²) in [5, 5.41) is 3.02. The topological polar surface area (TPSA) is 59.3 Å². The van der Waals surface area contributed by atoms with Crippen molar-refractivity contribution >= 4 is 11.6 Å². The summed E-state index contributed by atoms with van der Waals surface area (Å²) in [6.07, 6.45) is 7.71. The first-order chi connectivity index (χ1) is 13.7. The van der Waals surface area contributed by atoms with Crippen molar-refractivity contribution in [3.05, 3.63) is 102 Å². The minimum atomic E-state index is -0.0737. The minimum absolute atomic E-state index is 0.00766. The molecule has 1 atom stereocenters. The molecule has 0 saturated carbocycles. The van der Waals surface area contributed by atoms with Crippen LogP contribution in [-0.2, 0) is 11.3 Å². The Labute approximate surface area is 164 Å². The van der Waals surface area contributed by atoms with Crippen LogP contribution in [-0.4, -0.2) is 20.3 Å². The Balaban J connectivity index is 1.61. The Morgan fingerprint density at radius 2 is 1.86 bits per heavy atom. The molecule has 3 aromatic heterocycles. The van der Waals surface area contributed by atoms with Crippen molar-refractivity contribution < 1.29 is 4.79 Å². The highest BCUT2D eigenvalue weighted by Gasteiger charge is 2.22. The van der Waals surface area contributed by atoms with Gasteiger partial charge in [-0.05, 0) is 41.8 Å². The predicted molar refractivity (Wildman–Crippen MR) is 109 cm³/mol. The maximum absolute atomic E-state index is 12.7. The zero-order valence-corrected chi connectivity index (χ0v) is 15.7. The van der Waals surface area contributed by atoms with E-state index in [0.29, 0.717) is 13.0 Å². The highest BCUT2D eigenvalue weighted by molar-refractivity contribution is 5.77. The Kier molecular flexibility index (Phi) is 5.15. The van der Waals surface area contributed by atoms with E-state index in [1.807, 2.05) is 61.8 Å². The normalized spacial score (nSPS) is 12.0. The number of benzene rings is 1. The number of aromatic nitrogens is 3. The van der Waals surface area contributed by atoms with Crippen molar-refractivity contribution in [1.82, 2.24) is 19.7 Å². The molecule has 1 N–H and O–H groups in total. The molecule has 0 aliphatic carbocycles. The van der Waals surface area contributed by atoms with E-state index in [-0.39, 0.29) is 11.8 Å². The van der Waals surface area contributed by atoms with Gasteiger partial charge in [-0.1, -0.05) is 36.4 Å². The first-order valence-corrected chi connectivity index (χ1v) is 9.35. The van der Waals surface area contributed by atoms with E-state index in [2.05, 4.69) is 31.8 Å². The number of nitrogens with one attached hydrogen (secondary N) is 1. The largest absolute Gasteiger partial charge is 0.352 e. The first kappa shape index (κ1) is 17.9. The molecule has 1 aromatic carbocycles. The number of amides is 1. The van der Waals surface area contributed by atoms with Gasteiger partial charge in [-0.2, -0.15) is 0 Å². The molecule has 0 spiro atoms. The van der Waals surface area contributed by atoms with Crippen LogP contribution in [0.2, 0.25) is 0 Å². The molecule has 0 aliphatic rings. The lowest BCUT2D eigenvalue weighted by Gasteiger charge is -2.17. The number of imidazole rings is 1. The van der Waals surface area contributed by atoms with Gasteiger partial charge in [0.25, 0.3) is 0 Å². The van der Waals surface area contributed by atoms with Crippen LogP contribution in [0.25, 0.3) is 5.65 Å². The number of nitrogens with zero attached hydrogens (tertiary/aromatic N) is 3. The second-order valence-corrected chi connectivity index (χ2v) is 6.87. The molecule has 4 aromatic rings. The van der Waals surface area contributed by atoms with E-state index in [9.17, 15) is 4.79 Å². The number of hydrogen-bond donors (Lipinski definition) is 1. The van der Waals surface area contributed by atoms with Crippen LogP contribution in [0.15, 0.2) is 79.4 Å². The molecule has 5 heteroatoms. The smallest absolute Gasteiger partial charge is 0.221 e. The lowest BCUT2D eigenvalue weighted by Crippen LogP contribution is -2.25. The van der Waals surface area contributed by atoms with Gasteiger partial charge in [-0.25, -0.2) is 4.98 Å². The van der Waals surface area contributed by atoms with Crippen molar-refractivity contribution in [2.75, 3.05) is 0 Å². The maximum atomic E-state index is 12.7. The molecular formula is C23H22N4O. The van der Waals surface area contributed by atoms with Crippen LogP contribution in [0.3, 0.4) is 0 Å². The van der Waals surface area contributed by atoms with E-state index < -0.39 is 0 Å². The molecule has 0 bridgehead atoms. The van der Waals surface area contributed by atoms with Crippen molar-refractivity contribution in [2.24, 2.45) is 0 Å². The van der Waals surface area contributed by atoms with Gasteiger partial charge in [0.05, 0.1) is 5.69 Å². The average Bonchev–Trinajstić information content (AvgIpc) is 3.17. The summed E-state index contributed by atoms with van der Waals surface area (Å²) in [5.41, 5.74) is 5.19. The van der Waals surface area contributed by atoms with E-state index in [1.165, 1.54) is 0 Å². The lowest BCUT2D eigenvalue weighted by atomic mass is 9.92. The van der Waals surface area contributed by atoms with Gasteiger partial charge >= 0.3 is 0 Å². The fraction of sp³-hybridized carbons (Fsp3) is 0.174. The number of carbonyl (C=O) groups is 1.